The number of nitrogens with one attached hydrogen (secondary N) is 3. The van der Waals surface area contributed by atoms with Gasteiger partial charge in [0.25, 0.3) is 5.91 Å². The van der Waals surface area contributed by atoms with E-state index >= 15 is 0 Å². The van der Waals surface area contributed by atoms with Gasteiger partial charge in [-0.2, -0.15) is 0 Å². The average molecular weight is 334 g/mol. The smallest absolute Gasteiger partial charge is 0.251 e. The Labute approximate surface area is 142 Å². The summed E-state index contributed by atoms with van der Waals surface area (Å²) < 4.78 is 0. The fourth-order valence-electron chi connectivity index (χ4n) is 2.05. The minimum atomic E-state index is -0.299. The summed E-state index contributed by atoms with van der Waals surface area (Å²) in [5.74, 6) is -0.543. The predicted octanol–water partition coefficient (Wildman–Crippen LogP) is 0.831. The Morgan fingerprint density at radius 1 is 1.00 bits per heavy atom. The van der Waals surface area contributed by atoms with E-state index in [1.807, 2.05) is 20.8 Å². The first-order valence-electron chi connectivity index (χ1n) is 7.72. The van der Waals surface area contributed by atoms with E-state index < -0.39 is 0 Å². The van der Waals surface area contributed by atoms with Gasteiger partial charge in [0, 0.05) is 23.8 Å². The van der Waals surface area contributed by atoms with Crippen molar-refractivity contribution in [3.63, 3.8) is 0 Å². The van der Waals surface area contributed by atoms with Crippen LogP contribution < -0.4 is 16.0 Å². The van der Waals surface area contributed by atoms with Crippen LogP contribution in [0.4, 0.5) is 5.69 Å². The second-order valence-corrected chi connectivity index (χ2v) is 6.68. The molecule has 0 spiro atoms. The molecule has 0 aromatic heterocycles. The molecule has 1 aromatic rings. The highest BCUT2D eigenvalue weighted by atomic mass is 16.2. The van der Waals surface area contributed by atoms with Gasteiger partial charge in [0.1, 0.15) is 0 Å². The molecule has 0 aliphatic heterocycles. The summed E-state index contributed by atoms with van der Waals surface area (Å²) in [5.41, 5.74) is 0.818. The Morgan fingerprint density at radius 2 is 1.54 bits per heavy atom. The number of amides is 3. The third kappa shape index (κ3) is 7.23. The number of anilines is 1. The van der Waals surface area contributed by atoms with Gasteiger partial charge < -0.3 is 16.0 Å². The van der Waals surface area contributed by atoms with Crippen molar-refractivity contribution in [2.24, 2.45) is 0 Å². The summed E-state index contributed by atoms with van der Waals surface area (Å²) in [6, 6.07) is 6.59. The molecule has 1 aromatic carbocycles. The van der Waals surface area contributed by atoms with Crippen molar-refractivity contribution in [3.05, 3.63) is 29.8 Å². The molecule has 0 bridgehead atoms. The predicted molar refractivity (Wildman–Crippen MR) is 93.9 cm³/mol. The number of rotatable bonds is 6. The molecule has 0 fully saturated rings. The van der Waals surface area contributed by atoms with Gasteiger partial charge in [-0.3, -0.25) is 19.3 Å². The number of carbonyl (C=O) groups excluding carboxylic acids is 3. The monoisotopic (exact) mass is 334 g/mol. The van der Waals surface area contributed by atoms with Crippen molar-refractivity contribution in [2.45, 2.75) is 26.3 Å². The van der Waals surface area contributed by atoms with Crippen LogP contribution in [0.5, 0.6) is 0 Å². The summed E-state index contributed by atoms with van der Waals surface area (Å²) in [6.45, 7) is 5.94. The van der Waals surface area contributed by atoms with E-state index in [1.54, 1.807) is 43.3 Å². The lowest BCUT2D eigenvalue weighted by Crippen LogP contribution is -2.46. The third-order valence-electron chi connectivity index (χ3n) is 3.00. The van der Waals surface area contributed by atoms with Crippen LogP contribution in [-0.4, -0.2) is 55.3 Å². The number of nitrogens with zero attached hydrogens (tertiary/aromatic N) is 1. The molecule has 0 saturated heterocycles. The lowest BCUT2D eigenvalue weighted by Gasteiger charge is -2.23. The topological polar surface area (TPSA) is 90.5 Å². The van der Waals surface area contributed by atoms with E-state index in [9.17, 15) is 14.4 Å². The summed E-state index contributed by atoms with van der Waals surface area (Å²) in [4.78, 5) is 36.9. The molecule has 0 heterocycles. The Morgan fingerprint density at radius 3 is 2.04 bits per heavy atom. The molecular formula is C17H26N4O3. The van der Waals surface area contributed by atoms with E-state index in [2.05, 4.69) is 16.0 Å². The molecule has 0 unspecified atom stereocenters. The minimum absolute atomic E-state index is 0.0920. The molecule has 7 nitrogen and oxygen atoms in total. The van der Waals surface area contributed by atoms with E-state index in [1.165, 1.54) is 0 Å². The highest BCUT2D eigenvalue weighted by Gasteiger charge is 2.16. The number of likely N-dealkylation sites (N-methyl/N-ethyl adjacent to an activating group) is 1. The Balaban J connectivity index is 2.48. The van der Waals surface area contributed by atoms with Gasteiger partial charge in [-0.25, -0.2) is 0 Å². The summed E-state index contributed by atoms with van der Waals surface area (Å²) in [5, 5.41) is 8.11. The quantitative estimate of drug-likeness (QED) is 0.719. The Kier molecular flexibility index (Phi) is 6.91. The van der Waals surface area contributed by atoms with Gasteiger partial charge in [-0.05, 0) is 52.1 Å². The number of hydrogen-bond donors (Lipinski definition) is 3. The van der Waals surface area contributed by atoms with Crippen LogP contribution in [0.25, 0.3) is 0 Å². The van der Waals surface area contributed by atoms with Crippen LogP contribution in [0.3, 0.4) is 0 Å². The molecule has 24 heavy (non-hydrogen) atoms. The van der Waals surface area contributed by atoms with Crippen molar-refractivity contribution in [1.29, 1.82) is 0 Å². The summed E-state index contributed by atoms with van der Waals surface area (Å²) >= 11 is 0. The second-order valence-electron chi connectivity index (χ2n) is 6.68. The van der Waals surface area contributed by atoms with Crippen LogP contribution >= 0.6 is 0 Å². The summed E-state index contributed by atoms with van der Waals surface area (Å²) in [6.07, 6.45) is 0. The lowest BCUT2D eigenvalue weighted by molar-refractivity contribution is -0.124. The lowest BCUT2D eigenvalue weighted by atomic mass is 10.1. The van der Waals surface area contributed by atoms with Gasteiger partial charge in [0.15, 0.2) is 0 Å². The third-order valence-corrected chi connectivity index (χ3v) is 3.00. The Hall–Kier alpha value is -2.41. The number of carbonyl (C=O) groups is 3. The van der Waals surface area contributed by atoms with Crippen LogP contribution in [0.15, 0.2) is 24.3 Å². The molecular weight excluding hydrogens is 308 g/mol. The van der Waals surface area contributed by atoms with E-state index in [0.29, 0.717) is 11.3 Å². The van der Waals surface area contributed by atoms with Gasteiger partial charge in [-0.15, -0.1) is 0 Å². The van der Waals surface area contributed by atoms with Gasteiger partial charge in [0.05, 0.1) is 13.1 Å². The highest BCUT2D eigenvalue weighted by Crippen LogP contribution is 2.09. The normalized spacial score (nSPS) is 11.1. The zero-order chi connectivity index (χ0) is 18.3. The van der Waals surface area contributed by atoms with Crippen LogP contribution in [0, 0.1) is 0 Å². The molecule has 132 valence electrons. The van der Waals surface area contributed by atoms with Crippen LogP contribution in [0.1, 0.15) is 31.1 Å². The molecule has 3 N–H and O–H groups in total. The van der Waals surface area contributed by atoms with E-state index in [0.717, 1.165) is 0 Å². The van der Waals surface area contributed by atoms with E-state index in [-0.39, 0.29) is 36.3 Å². The Bertz CT molecular complexity index is 591. The first-order valence-corrected chi connectivity index (χ1v) is 7.72. The molecule has 3 amide bonds. The zero-order valence-electron chi connectivity index (χ0n) is 14.9. The molecule has 0 aliphatic rings. The maximum absolute atomic E-state index is 12.0. The first kappa shape index (κ1) is 19.6. The van der Waals surface area contributed by atoms with Crippen molar-refractivity contribution >= 4 is 23.4 Å². The van der Waals surface area contributed by atoms with Crippen molar-refractivity contribution < 1.29 is 14.4 Å². The average Bonchev–Trinajstić information content (AvgIpc) is 2.44. The molecule has 0 saturated carbocycles. The van der Waals surface area contributed by atoms with Gasteiger partial charge in [-0.1, -0.05) is 0 Å². The maximum Gasteiger partial charge on any atom is 0.251 e. The van der Waals surface area contributed by atoms with Crippen molar-refractivity contribution in [2.75, 3.05) is 32.5 Å². The zero-order valence-corrected chi connectivity index (χ0v) is 14.9. The molecule has 1 rings (SSSR count). The fourth-order valence-corrected chi connectivity index (χ4v) is 2.05. The SMILES string of the molecule is CNC(=O)c1ccc(NC(=O)CN(C)CC(=O)NC(C)(C)C)cc1. The first-order chi connectivity index (χ1) is 11.1. The van der Waals surface area contributed by atoms with Gasteiger partial charge in [0.2, 0.25) is 11.8 Å². The number of benzene rings is 1. The van der Waals surface area contributed by atoms with Crippen LogP contribution in [-0.2, 0) is 9.59 Å². The largest absolute Gasteiger partial charge is 0.355 e. The molecule has 7 heteroatoms. The maximum atomic E-state index is 12.0. The second kappa shape index (κ2) is 8.44. The molecule has 0 aliphatic carbocycles. The fraction of sp³-hybridized carbons (Fsp3) is 0.471. The highest BCUT2D eigenvalue weighted by molar-refractivity contribution is 5.96. The van der Waals surface area contributed by atoms with Crippen molar-refractivity contribution in [3.8, 4) is 0 Å². The molecule has 0 atom stereocenters. The van der Waals surface area contributed by atoms with E-state index in [4.69, 9.17) is 0 Å². The van der Waals surface area contributed by atoms with Crippen LogP contribution in [0.2, 0.25) is 0 Å². The summed E-state index contributed by atoms with van der Waals surface area (Å²) in [7, 11) is 3.26. The molecule has 0 radical (unpaired) electrons. The van der Waals surface area contributed by atoms with Crippen molar-refractivity contribution in [1.82, 2.24) is 15.5 Å². The number of hydrogen-bond acceptors (Lipinski definition) is 4. The van der Waals surface area contributed by atoms with Gasteiger partial charge >= 0.3 is 0 Å². The minimum Gasteiger partial charge on any atom is -0.355 e. The standard InChI is InChI=1S/C17H26N4O3/c1-17(2,3)20-15(23)11-21(5)10-14(22)19-13-8-6-12(7-9-13)16(24)18-4/h6-9H,10-11H2,1-5H3,(H,18,24)(H,19,22)(H,20,23).